The molecule has 164 valence electrons. The zero-order valence-corrected chi connectivity index (χ0v) is 17.6. The van der Waals surface area contributed by atoms with Crippen LogP contribution in [0.3, 0.4) is 0 Å². The molecule has 1 aliphatic heterocycles. The van der Waals surface area contributed by atoms with Crippen LogP contribution in [-0.4, -0.2) is 64.3 Å². The number of imidazole rings is 1. The highest BCUT2D eigenvalue weighted by Gasteiger charge is 2.10. The molecular formula is C23H25N7O2. The van der Waals surface area contributed by atoms with Crippen LogP contribution in [0.25, 0.3) is 11.0 Å². The smallest absolute Gasteiger partial charge is 0.229 e. The second kappa shape index (κ2) is 9.63. The first-order valence-electron chi connectivity index (χ1n) is 10.6. The van der Waals surface area contributed by atoms with Crippen molar-refractivity contribution in [2.24, 2.45) is 0 Å². The molecular weight excluding hydrogens is 406 g/mol. The van der Waals surface area contributed by atoms with Crippen LogP contribution < -0.4 is 15.4 Å². The molecule has 0 unspecified atom stereocenters. The summed E-state index contributed by atoms with van der Waals surface area (Å²) in [6, 6.07) is 15.6. The maximum absolute atomic E-state index is 5.87. The zero-order chi connectivity index (χ0) is 21.6. The van der Waals surface area contributed by atoms with E-state index in [1.165, 1.54) is 0 Å². The normalized spacial score (nSPS) is 14.4. The van der Waals surface area contributed by atoms with E-state index in [4.69, 9.17) is 9.47 Å². The second-order valence-electron chi connectivity index (χ2n) is 7.48. The molecule has 9 nitrogen and oxygen atoms in total. The third-order valence-corrected chi connectivity index (χ3v) is 5.24. The molecule has 5 rings (SSSR count). The van der Waals surface area contributed by atoms with Gasteiger partial charge < -0.3 is 25.1 Å². The Bertz CT molecular complexity index is 1160. The van der Waals surface area contributed by atoms with E-state index in [1.807, 2.05) is 48.5 Å². The Balaban J connectivity index is 1.16. The van der Waals surface area contributed by atoms with Gasteiger partial charge in [0, 0.05) is 37.2 Å². The minimum Gasteiger partial charge on any atom is -0.492 e. The predicted molar refractivity (Wildman–Crippen MR) is 124 cm³/mol. The highest BCUT2D eigenvalue weighted by atomic mass is 16.5. The lowest BCUT2D eigenvalue weighted by molar-refractivity contribution is 0.0322. The molecule has 3 N–H and O–H groups in total. The van der Waals surface area contributed by atoms with E-state index in [2.05, 4.69) is 35.5 Å². The summed E-state index contributed by atoms with van der Waals surface area (Å²) in [5.41, 5.74) is 3.70. The van der Waals surface area contributed by atoms with Gasteiger partial charge in [-0.05, 0) is 48.5 Å². The topological polar surface area (TPSA) is 100 Å². The number of anilines is 4. The van der Waals surface area contributed by atoms with Crippen molar-refractivity contribution in [3.63, 3.8) is 0 Å². The largest absolute Gasteiger partial charge is 0.492 e. The summed E-state index contributed by atoms with van der Waals surface area (Å²) in [7, 11) is 0. The van der Waals surface area contributed by atoms with Crippen LogP contribution in [0, 0.1) is 0 Å². The summed E-state index contributed by atoms with van der Waals surface area (Å²) >= 11 is 0. The maximum Gasteiger partial charge on any atom is 0.229 e. The van der Waals surface area contributed by atoms with Gasteiger partial charge in [-0.2, -0.15) is 4.98 Å². The molecule has 1 aliphatic rings. The van der Waals surface area contributed by atoms with Gasteiger partial charge in [-0.1, -0.05) is 0 Å². The van der Waals surface area contributed by atoms with Gasteiger partial charge in [-0.3, -0.25) is 4.90 Å². The number of fused-ring (bicyclic) bond motifs is 1. The van der Waals surface area contributed by atoms with Gasteiger partial charge in [0.15, 0.2) is 0 Å². The van der Waals surface area contributed by atoms with E-state index in [9.17, 15) is 0 Å². The number of morpholine rings is 1. The first kappa shape index (κ1) is 20.2. The first-order chi connectivity index (χ1) is 15.8. The predicted octanol–water partition coefficient (Wildman–Crippen LogP) is 3.55. The van der Waals surface area contributed by atoms with Crippen molar-refractivity contribution in [2.45, 2.75) is 0 Å². The van der Waals surface area contributed by atoms with Crippen molar-refractivity contribution in [1.82, 2.24) is 24.8 Å². The van der Waals surface area contributed by atoms with Gasteiger partial charge in [-0.15, -0.1) is 0 Å². The average molecular weight is 432 g/mol. The van der Waals surface area contributed by atoms with Crippen molar-refractivity contribution in [2.75, 3.05) is 50.1 Å². The van der Waals surface area contributed by atoms with Gasteiger partial charge in [-0.25, -0.2) is 9.97 Å². The highest BCUT2D eigenvalue weighted by Crippen LogP contribution is 2.22. The van der Waals surface area contributed by atoms with E-state index in [0.717, 1.165) is 61.0 Å². The van der Waals surface area contributed by atoms with Crippen LogP contribution >= 0.6 is 0 Å². The number of aromatic amines is 1. The molecule has 0 bridgehead atoms. The lowest BCUT2D eigenvalue weighted by atomic mass is 10.3. The summed E-state index contributed by atoms with van der Waals surface area (Å²) < 4.78 is 11.2. The minimum atomic E-state index is 0.513. The Hall–Kier alpha value is -3.69. The first-order valence-corrected chi connectivity index (χ1v) is 10.6. The average Bonchev–Trinajstić information content (AvgIpc) is 3.29. The van der Waals surface area contributed by atoms with E-state index in [0.29, 0.717) is 18.4 Å². The second-order valence-corrected chi connectivity index (χ2v) is 7.48. The van der Waals surface area contributed by atoms with Crippen LogP contribution in [-0.2, 0) is 4.74 Å². The maximum atomic E-state index is 5.87. The number of H-pyrrole nitrogens is 1. The van der Waals surface area contributed by atoms with Gasteiger partial charge in [0.05, 0.1) is 30.6 Å². The number of aromatic nitrogens is 4. The number of nitrogens with one attached hydrogen (secondary N) is 3. The van der Waals surface area contributed by atoms with Crippen molar-refractivity contribution >= 4 is 34.2 Å². The Morgan fingerprint density at radius 2 is 1.81 bits per heavy atom. The molecule has 4 aromatic rings. The molecule has 0 spiro atoms. The molecule has 0 saturated carbocycles. The van der Waals surface area contributed by atoms with Crippen molar-refractivity contribution in [3.05, 3.63) is 61.1 Å². The lowest BCUT2D eigenvalue weighted by Crippen LogP contribution is -2.38. The van der Waals surface area contributed by atoms with Crippen molar-refractivity contribution < 1.29 is 9.47 Å². The van der Waals surface area contributed by atoms with Gasteiger partial charge in [0.25, 0.3) is 0 Å². The molecule has 0 aliphatic carbocycles. The van der Waals surface area contributed by atoms with Crippen molar-refractivity contribution in [3.8, 4) is 5.75 Å². The third-order valence-electron chi connectivity index (χ3n) is 5.24. The molecule has 3 heterocycles. The Morgan fingerprint density at radius 1 is 0.969 bits per heavy atom. The number of nitrogens with zero attached hydrogens (tertiary/aromatic N) is 4. The van der Waals surface area contributed by atoms with Gasteiger partial charge >= 0.3 is 0 Å². The summed E-state index contributed by atoms with van der Waals surface area (Å²) in [5, 5.41) is 6.54. The number of ether oxygens (including phenoxy) is 2. The molecule has 2 aromatic heterocycles. The van der Waals surface area contributed by atoms with Gasteiger partial charge in [0.1, 0.15) is 18.2 Å². The summed E-state index contributed by atoms with van der Waals surface area (Å²) in [5.74, 6) is 2.05. The molecule has 0 amide bonds. The SMILES string of the molecule is c1cc(Nc2ccc3nc[nH]c3c2)nc(Nc2ccc(OCCN3CCOCC3)cc2)n1. The zero-order valence-electron chi connectivity index (χ0n) is 17.6. The summed E-state index contributed by atoms with van der Waals surface area (Å²) in [6.07, 6.45) is 3.40. The number of rotatable bonds is 8. The van der Waals surface area contributed by atoms with Crippen LogP contribution in [0.1, 0.15) is 0 Å². The van der Waals surface area contributed by atoms with Crippen LogP contribution in [0.5, 0.6) is 5.75 Å². The molecule has 0 radical (unpaired) electrons. The fourth-order valence-electron chi connectivity index (χ4n) is 3.53. The standard InChI is InChI=1S/C23H25N7O2/c1-4-19(32-14-11-30-9-12-31-13-10-30)5-2-17(1)28-23-24-8-7-22(29-23)27-18-3-6-20-21(15-18)26-16-25-20/h1-8,15-16H,9-14H2,(H,25,26)(H2,24,27,28,29). The molecule has 1 fully saturated rings. The van der Waals surface area contributed by atoms with E-state index in [-0.39, 0.29) is 0 Å². The van der Waals surface area contributed by atoms with E-state index < -0.39 is 0 Å². The van der Waals surface area contributed by atoms with Crippen LogP contribution in [0.15, 0.2) is 61.1 Å². The summed E-state index contributed by atoms with van der Waals surface area (Å²) in [6.45, 7) is 5.12. The minimum absolute atomic E-state index is 0.513. The molecule has 2 aromatic carbocycles. The van der Waals surface area contributed by atoms with Gasteiger partial charge in [0.2, 0.25) is 5.95 Å². The molecule has 9 heteroatoms. The molecule has 1 saturated heterocycles. The van der Waals surface area contributed by atoms with E-state index >= 15 is 0 Å². The monoisotopic (exact) mass is 431 g/mol. The third kappa shape index (κ3) is 5.13. The fraction of sp³-hybridized carbons (Fsp3) is 0.261. The van der Waals surface area contributed by atoms with Crippen LogP contribution in [0.2, 0.25) is 0 Å². The molecule has 32 heavy (non-hydrogen) atoms. The quantitative estimate of drug-likeness (QED) is 0.389. The van der Waals surface area contributed by atoms with E-state index in [1.54, 1.807) is 12.5 Å². The molecule has 0 atom stereocenters. The fourth-order valence-corrected chi connectivity index (χ4v) is 3.53. The Kier molecular flexibility index (Phi) is 6.09. The highest BCUT2D eigenvalue weighted by molar-refractivity contribution is 5.79. The number of hydrogen-bond acceptors (Lipinski definition) is 8. The summed E-state index contributed by atoms with van der Waals surface area (Å²) in [4.78, 5) is 18.6. The Morgan fingerprint density at radius 3 is 2.69 bits per heavy atom. The Labute approximate surface area is 185 Å². The van der Waals surface area contributed by atoms with Crippen LogP contribution in [0.4, 0.5) is 23.1 Å². The number of hydrogen-bond donors (Lipinski definition) is 3. The lowest BCUT2D eigenvalue weighted by Gasteiger charge is -2.26. The number of benzene rings is 2. The van der Waals surface area contributed by atoms with Crippen molar-refractivity contribution in [1.29, 1.82) is 0 Å².